The highest BCUT2D eigenvalue weighted by Gasteiger charge is 2.18. The molecule has 0 radical (unpaired) electrons. The van der Waals surface area contributed by atoms with E-state index in [1.54, 1.807) is 48.7 Å². The largest absolute Gasteiger partial charge is 0.388 e. The first kappa shape index (κ1) is 97.0. The van der Waals surface area contributed by atoms with Crippen molar-refractivity contribution < 1.29 is 33.2 Å². The SMILES string of the molecule is C/C(=C/C(=O)c1ccccc1)Nc1cccc(C)c1.CCCCCC/C(=C/C(=O)c1ccccc1)Nc1cccc(C)c1.CN1CCC(N/C=C\C(=O)c2ccccc2)CC1.Cc1cc(F)cc(Nc2ccccc2C(=O)c2ccccc2)c1.Cc1cccc(N/C(=C\C(=O)c2ccccc2)c2ccccc2)c1.Cc1cccc(Nc2ccccc2C(=O)c2ccccc2)c1. The fraction of sp³-hybridized carbons (Fsp3) is 0.155. The summed E-state index contributed by atoms with van der Waals surface area (Å²) in [5.74, 6) is -0.248. The van der Waals surface area contributed by atoms with Gasteiger partial charge in [-0.1, -0.05) is 311 Å². The Kier molecular flexibility index (Phi) is 39.3. The Morgan fingerprint density at radius 3 is 1.15 bits per heavy atom. The summed E-state index contributed by atoms with van der Waals surface area (Å²) in [4.78, 5) is 76.5. The van der Waals surface area contributed by atoms with Crippen LogP contribution in [-0.2, 0) is 0 Å². The minimum Gasteiger partial charge on any atom is -0.388 e. The lowest BCUT2D eigenvalue weighted by Crippen LogP contribution is -2.38. The number of carbonyl (C=O) groups excluding carboxylic acids is 6. The van der Waals surface area contributed by atoms with Crippen LogP contribution in [0.3, 0.4) is 0 Å². The fourth-order valence-electron chi connectivity index (χ4n) is 14.1. The minimum absolute atomic E-state index is 0.0123. The first-order valence-electron chi connectivity index (χ1n) is 44.1. The number of allylic oxidation sites excluding steroid dienone is 6. The van der Waals surface area contributed by atoms with Crippen LogP contribution >= 0.6 is 0 Å². The number of hydrogen-bond acceptors (Lipinski definition) is 13. The average Bonchev–Trinajstić information content (AvgIpc) is 0.827. The van der Waals surface area contributed by atoms with Gasteiger partial charge in [-0.15, -0.1) is 0 Å². The van der Waals surface area contributed by atoms with Crippen LogP contribution in [0.2, 0.25) is 0 Å². The van der Waals surface area contributed by atoms with Crippen molar-refractivity contribution in [3.8, 4) is 0 Å². The predicted molar refractivity (Wildman–Crippen MR) is 537 cm³/mol. The molecule has 1 fully saturated rings. The van der Waals surface area contributed by atoms with Crippen LogP contribution in [0.1, 0.15) is 165 Å². The van der Waals surface area contributed by atoms with Crippen molar-refractivity contribution >= 4 is 80.2 Å². The van der Waals surface area contributed by atoms with Gasteiger partial charge in [0, 0.05) is 138 Å². The van der Waals surface area contributed by atoms with E-state index in [1.165, 1.54) is 53.6 Å². The molecule has 14 heteroatoms. The zero-order valence-corrected chi connectivity index (χ0v) is 75.4. The van der Waals surface area contributed by atoms with Crippen LogP contribution in [-0.4, -0.2) is 65.8 Å². The standard InChI is InChI=1S/C22H19NO.C22H27NO.C20H16FNO.C20H17NO.C17H17NO.C15H20N2O/c1-17-9-8-14-20(15-17)23-21(18-10-4-2-5-11-18)16-22(24)19-12-6-3-7-13-19;1-3-4-5-9-14-21(23-20-15-10-11-18(2)16-20)17-22(24)19-12-7-6-8-13-19;1-14-11-16(21)13-17(12-14)22-19-10-6-5-9-18(19)20(23)15-7-3-2-4-8-15;1-15-8-7-11-17(14-15)21-19-13-6-5-12-18(19)20(22)16-9-3-2-4-10-16;1-13-7-6-10-16(11-13)18-14(2)12-17(19)15-8-4-3-5-9-15;1-17-11-8-14(9-12-17)16-10-7-15(18)13-5-3-2-4-6-13/h2-16,23H,1H3;6-8,10-13,15-17,23H,3-5,9,14H2,1-2H3;2-13,22H,1H3;2-14,21H,1H3;3-12,18H,1-2H3;2-7,10,14,16H,8-9,11-12H2,1H3/b21-16-;21-17-;;;14-12-;10-7-. The second kappa shape index (κ2) is 52.6. The predicted octanol–water partition coefficient (Wildman–Crippen LogP) is 27.8. The van der Waals surface area contributed by atoms with Gasteiger partial charge >= 0.3 is 0 Å². The molecule has 0 bridgehead atoms. The van der Waals surface area contributed by atoms with Gasteiger partial charge in [-0.05, 0) is 212 Å². The molecule has 0 spiro atoms. The van der Waals surface area contributed by atoms with Gasteiger partial charge in [0.25, 0.3) is 0 Å². The summed E-state index contributed by atoms with van der Waals surface area (Å²) in [6, 6.07) is 118. The number of carbonyl (C=O) groups is 6. The fourth-order valence-corrected chi connectivity index (χ4v) is 14.1. The van der Waals surface area contributed by atoms with Crippen LogP contribution in [0.15, 0.2) is 418 Å². The third kappa shape index (κ3) is 33.6. The van der Waals surface area contributed by atoms with Gasteiger partial charge in [0.15, 0.2) is 34.7 Å². The molecule has 13 nitrogen and oxygen atoms in total. The van der Waals surface area contributed by atoms with E-state index in [-0.39, 0.29) is 40.5 Å². The zero-order valence-electron chi connectivity index (χ0n) is 75.4. The van der Waals surface area contributed by atoms with Crippen LogP contribution in [0.5, 0.6) is 0 Å². The summed E-state index contributed by atoms with van der Waals surface area (Å²) in [6.07, 6.45) is 16.4. The second-order valence-corrected chi connectivity index (χ2v) is 31.8. The van der Waals surface area contributed by atoms with E-state index in [2.05, 4.69) is 82.0 Å². The first-order valence-corrected chi connectivity index (χ1v) is 44.1. The van der Waals surface area contributed by atoms with Crippen molar-refractivity contribution in [3.05, 3.63) is 502 Å². The van der Waals surface area contributed by atoms with Crippen molar-refractivity contribution in [1.29, 1.82) is 0 Å². The maximum absolute atomic E-state index is 13.5. The van der Waals surface area contributed by atoms with Crippen molar-refractivity contribution in [2.24, 2.45) is 0 Å². The van der Waals surface area contributed by atoms with Gasteiger partial charge in [0.1, 0.15) is 5.82 Å². The van der Waals surface area contributed by atoms with E-state index in [9.17, 15) is 33.2 Å². The molecule has 1 aliphatic rings. The van der Waals surface area contributed by atoms with Gasteiger partial charge in [0.2, 0.25) is 0 Å². The third-order valence-electron chi connectivity index (χ3n) is 20.8. The normalized spacial score (nSPS) is 11.8. The molecule has 0 unspecified atom stereocenters. The lowest BCUT2D eigenvalue weighted by molar-refractivity contribution is 0.103. The highest BCUT2D eigenvalue weighted by Crippen LogP contribution is 2.29. The number of rotatable bonds is 30. The van der Waals surface area contributed by atoms with E-state index in [0.29, 0.717) is 50.8 Å². The number of nitrogens with one attached hydrogen (secondary N) is 6. The average molecular weight is 1720 g/mol. The Labute approximate surface area is 766 Å². The van der Waals surface area contributed by atoms with Crippen LogP contribution in [0.4, 0.5) is 44.2 Å². The number of nitrogens with zero attached hydrogens (tertiary/aromatic N) is 1. The first-order chi connectivity index (χ1) is 63.2. The summed E-state index contributed by atoms with van der Waals surface area (Å²) in [7, 11) is 2.14. The Morgan fingerprint density at radius 2 is 0.708 bits per heavy atom. The molecule has 0 amide bonds. The molecule has 14 aromatic carbocycles. The van der Waals surface area contributed by atoms with Gasteiger partial charge < -0.3 is 36.8 Å². The quantitative estimate of drug-likeness (QED) is 0.0143. The maximum Gasteiger partial charge on any atom is 0.195 e. The van der Waals surface area contributed by atoms with Crippen molar-refractivity contribution in [2.75, 3.05) is 46.7 Å². The number of halogens is 1. The Hall–Kier alpha value is -15.3. The Balaban J connectivity index is 0.000000163. The number of aryl methyl sites for hydroxylation is 5. The van der Waals surface area contributed by atoms with Gasteiger partial charge in [-0.2, -0.15) is 0 Å². The maximum atomic E-state index is 13.5. The summed E-state index contributed by atoms with van der Waals surface area (Å²) in [5.41, 5.74) is 20.6. The number of anilines is 7. The molecule has 1 heterocycles. The summed E-state index contributed by atoms with van der Waals surface area (Å²) < 4.78 is 13.5. The van der Waals surface area contributed by atoms with E-state index in [4.69, 9.17) is 0 Å². The lowest BCUT2D eigenvalue weighted by atomic mass is 10.0. The van der Waals surface area contributed by atoms with Crippen molar-refractivity contribution in [3.63, 3.8) is 0 Å². The molecule has 1 saturated heterocycles. The Morgan fingerprint density at radius 1 is 0.346 bits per heavy atom. The summed E-state index contributed by atoms with van der Waals surface area (Å²) >= 11 is 0. The monoisotopic (exact) mass is 1720 g/mol. The number of hydrogen-bond donors (Lipinski definition) is 6. The molecule has 0 aromatic heterocycles. The lowest BCUT2D eigenvalue weighted by Gasteiger charge is -2.28. The molecule has 0 aliphatic carbocycles. The molecule has 658 valence electrons. The smallest absolute Gasteiger partial charge is 0.195 e. The minimum atomic E-state index is -0.306. The number of likely N-dealkylation sites (tertiary alicyclic amines) is 1. The van der Waals surface area contributed by atoms with Gasteiger partial charge in [-0.25, -0.2) is 4.39 Å². The van der Waals surface area contributed by atoms with Gasteiger partial charge in [0.05, 0.1) is 0 Å². The van der Waals surface area contributed by atoms with Gasteiger partial charge in [-0.3, -0.25) is 28.8 Å². The topological polar surface area (TPSA) is 178 Å². The third-order valence-corrected chi connectivity index (χ3v) is 20.8. The van der Waals surface area contributed by atoms with E-state index in [0.717, 1.165) is 107 Å². The molecule has 0 atom stereocenters. The van der Waals surface area contributed by atoms with Crippen LogP contribution in [0, 0.1) is 40.4 Å². The van der Waals surface area contributed by atoms with E-state index in [1.807, 2.05) is 356 Å². The van der Waals surface area contributed by atoms with E-state index >= 15 is 0 Å². The van der Waals surface area contributed by atoms with Crippen LogP contribution in [0.25, 0.3) is 5.70 Å². The summed E-state index contributed by atoms with van der Waals surface area (Å²) in [6.45, 7) is 16.4. The Bertz CT molecular complexity index is 6060. The number of para-hydroxylation sites is 2. The second-order valence-electron chi connectivity index (χ2n) is 31.8. The number of benzene rings is 14. The number of piperidine rings is 1. The number of ketones is 6. The molecule has 1 aliphatic heterocycles. The molecule has 6 N–H and O–H groups in total. The molecule has 130 heavy (non-hydrogen) atoms. The molecule has 14 aromatic rings. The van der Waals surface area contributed by atoms with E-state index < -0.39 is 0 Å². The number of unbranched alkanes of at least 4 members (excludes halogenated alkanes) is 3. The highest BCUT2D eigenvalue weighted by atomic mass is 19.1. The van der Waals surface area contributed by atoms with Crippen LogP contribution < -0.4 is 31.9 Å². The van der Waals surface area contributed by atoms with Crippen molar-refractivity contribution in [2.45, 2.75) is 99.5 Å². The molecule has 0 saturated carbocycles. The highest BCUT2D eigenvalue weighted by molar-refractivity contribution is 6.14. The zero-order chi connectivity index (χ0) is 92.0. The summed E-state index contributed by atoms with van der Waals surface area (Å²) in [5, 5.41) is 19.8. The molecule has 15 rings (SSSR count). The molecular formula is C116H116FN7O6. The molecular weight excluding hydrogens is 1610 g/mol. The van der Waals surface area contributed by atoms with Crippen molar-refractivity contribution in [1.82, 2.24) is 10.2 Å².